The molecule has 0 unspecified atom stereocenters. The molecule has 4 N–H and O–H groups in total. The van der Waals surface area contributed by atoms with Gasteiger partial charge in [0.1, 0.15) is 28.7 Å². The number of rotatable bonds is 5. The summed E-state index contributed by atoms with van der Waals surface area (Å²) in [4.78, 5) is 28.9. The van der Waals surface area contributed by atoms with E-state index in [0.29, 0.717) is 17.3 Å². The maximum Gasteiger partial charge on any atom is 0.278 e. The first kappa shape index (κ1) is 18.2. The van der Waals surface area contributed by atoms with Gasteiger partial charge in [-0.3, -0.25) is 14.2 Å². The van der Waals surface area contributed by atoms with Gasteiger partial charge in [0.25, 0.3) is 11.5 Å². The number of carbonyl (C=O) groups is 1. The van der Waals surface area contributed by atoms with Gasteiger partial charge in [0.15, 0.2) is 5.65 Å². The Bertz CT molecular complexity index is 1280. The first-order valence-corrected chi connectivity index (χ1v) is 8.59. The number of amides is 1. The summed E-state index contributed by atoms with van der Waals surface area (Å²) in [5, 5.41) is 10.0. The van der Waals surface area contributed by atoms with Crippen LogP contribution in [-0.4, -0.2) is 32.1 Å². The molecule has 0 radical (unpaired) electrons. The molecule has 1 amide bonds. The van der Waals surface area contributed by atoms with Gasteiger partial charge in [-0.2, -0.15) is 9.61 Å². The van der Waals surface area contributed by atoms with Crippen molar-refractivity contribution in [1.82, 2.24) is 19.2 Å². The number of hydrogen-bond acceptors (Lipinski definition) is 6. The van der Waals surface area contributed by atoms with Gasteiger partial charge in [0.05, 0.1) is 6.20 Å². The molecule has 3 aromatic heterocycles. The van der Waals surface area contributed by atoms with Crippen molar-refractivity contribution < 1.29 is 9.18 Å². The van der Waals surface area contributed by atoms with E-state index in [2.05, 4.69) is 20.7 Å². The number of primary amides is 1. The van der Waals surface area contributed by atoms with Gasteiger partial charge in [-0.05, 0) is 36.4 Å². The highest BCUT2D eigenvalue weighted by Crippen LogP contribution is 2.20. The van der Waals surface area contributed by atoms with Crippen LogP contribution in [0.4, 0.5) is 21.7 Å². The number of pyridine rings is 1. The summed E-state index contributed by atoms with van der Waals surface area (Å²) in [5.74, 6) is -0.192. The van der Waals surface area contributed by atoms with E-state index >= 15 is 0 Å². The normalized spacial score (nSPS) is 10.8. The highest BCUT2D eigenvalue weighted by atomic mass is 19.1. The van der Waals surface area contributed by atoms with Crippen LogP contribution in [0.15, 0.2) is 59.7 Å². The van der Waals surface area contributed by atoms with Crippen LogP contribution < -0.4 is 21.9 Å². The van der Waals surface area contributed by atoms with E-state index in [-0.39, 0.29) is 28.3 Å². The molecule has 4 aromatic rings. The van der Waals surface area contributed by atoms with E-state index in [0.717, 1.165) is 0 Å². The van der Waals surface area contributed by atoms with Gasteiger partial charge in [-0.1, -0.05) is 0 Å². The molecule has 0 saturated heterocycles. The Morgan fingerprint density at radius 2 is 1.97 bits per heavy atom. The van der Waals surface area contributed by atoms with Crippen molar-refractivity contribution in [2.75, 3.05) is 17.7 Å². The van der Waals surface area contributed by atoms with Crippen molar-refractivity contribution in [2.24, 2.45) is 5.73 Å². The average molecular weight is 393 g/mol. The maximum absolute atomic E-state index is 13.2. The summed E-state index contributed by atoms with van der Waals surface area (Å²) in [6.45, 7) is 0. The zero-order valence-corrected chi connectivity index (χ0v) is 15.3. The molecule has 1 aromatic carbocycles. The molecule has 0 atom stereocenters. The highest BCUT2D eigenvalue weighted by Gasteiger charge is 2.15. The third-order valence-corrected chi connectivity index (χ3v) is 4.31. The molecule has 0 aliphatic rings. The Morgan fingerprint density at radius 1 is 1.21 bits per heavy atom. The quantitative estimate of drug-likeness (QED) is 0.476. The minimum Gasteiger partial charge on any atom is -0.373 e. The van der Waals surface area contributed by atoms with Crippen LogP contribution in [-0.2, 0) is 0 Å². The summed E-state index contributed by atoms with van der Waals surface area (Å²) >= 11 is 0. The highest BCUT2D eigenvalue weighted by molar-refractivity contribution is 5.98. The lowest BCUT2D eigenvalue weighted by atomic mass is 10.3. The van der Waals surface area contributed by atoms with Crippen LogP contribution in [0.1, 0.15) is 10.4 Å². The first-order chi connectivity index (χ1) is 14.0. The number of fused-ring (bicyclic) bond motifs is 1. The minimum atomic E-state index is -0.662. The molecule has 0 bridgehead atoms. The number of anilines is 3. The standard InChI is InChI=1S/C19H16FN7O2/c1-22-16-9-15(25-18-13(17(21)28)10-23-27(16)18)24-14-3-2-8-26(19(14)29)12-6-4-11(20)5-7-12/h2-10,22H,1H3,(H2,21,28)(H,24,25). The molecule has 0 spiro atoms. The molecule has 0 fully saturated rings. The van der Waals surface area contributed by atoms with Crippen molar-refractivity contribution in [3.63, 3.8) is 0 Å². The fourth-order valence-corrected chi connectivity index (χ4v) is 2.91. The number of nitrogens with one attached hydrogen (secondary N) is 2. The van der Waals surface area contributed by atoms with E-state index in [4.69, 9.17) is 5.73 Å². The summed E-state index contributed by atoms with van der Waals surface area (Å²) in [7, 11) is 1.69. The van der Waals surface area contributed by atoms with Crippen molar-refractivity contribution >= 4 is 28.9 Å². The maximum atomic E-state index is 13.2. The lowest BCUT2D eigenvalue weighted by molar-refractivity contribution is 0.100. The van der Waals surface area contributed by atoms with Gasteiger partial charge in [-0.25, -0.2) is 9.37 Å². The predicted octanol–water partition coefficient (Wildman–Crippen LogP) is 1.90. The largest absolute Gasteiger partial charge is 0.373 e. The van der Waals surface area contributed by atoms with Crippen molar-refractivity contribution in [2.45, 2.75) is 0 Å². The first-order valence-electron chi connectivity index (χ1n) is 8.59. The predicted molar refractivity (Wildman–Crippen MR) is 106 cm³/mol. The molecule has 3 heterocycles. The molecule has 4 rings (SSSR count). The van der Waals surface area contributed by atoms with E-state index in [1.165, 1.54) is 39.5 Å². The molecule has 146 valence electrons. The second-order valence-corrected chi connectivity index (χ2v) is 6.13. The SMILES string of the molecule is CNc1cc(Nc2cccn(-c3ccc(F)cc3)c2=O)nc2c(C(N)=O)cnn12. The van der Waals surface area contributed by atoms with E-state index < -0.39 is 5.91 Å². The van der Waals surface area contributed by atoms with Gasteiger partial charge >= 0.3 is 0 Å². The van der Waals surface area contributed by atoms with Crippen LogP contribution in [0.5, 0.6) is 0 Å². The Morgan fingerprint density at radius 3 is 2.66 bits per heavy atom. The number of hydrogen-bond donors (Lipinski definition) is 3. The summed E-state index contributed by atoms with van der Waals surface area (Å²) in [6, 6.07) is 10.5. The molecule has 0 aliphatic carbocycles. The van der Waals surface area contributed by atoms with E-state index in [9.17, 15) is 14.0 Å². The van der Waals surface area contributed by atoms with Gasteiger partial charge in [0.2, 0.25) is 0 Å². The van der Waals surface area contributed by atoms with Crippen molar-refractivity contribution in [3.05, 3.63) is 76.6 Å². The molecule has 9 nitrogen and oxygen atoms in total. The van der Waals surface area contributed by atoms with Gasteiger partial charge in [-0.15, -0.1) is 0 Å². The third-order valence-electron chi connectivity index (χ3n) is 4.31. The van der Waals surface area contributed by atoms with Crippen LogP contribution in [0.25, 0.3) is 11.3 Å². The Hall–Kier alpha value is -4.21. The van der Waals surface area contributed by atoms with Crippen LogP contribution in [0.3, 0.4) is 0 Å². The lowest BCUT2D eigenvalue weighted by Crippen LogP contribution is -2.20. The zero-order chi connectivity index (χ0) is 20.5. The zero-order valence-electron chi connectivity index (χ0n) is 15.3. The molecule has 0 aliphatic heterocycles. The third kappa shape index (κ3) is 3.27. The van der Waals surface area contributed by atoms with E-state index in [1.807, 2.05) is 0 Å². The Kier molecular flexibility index (Phi) is 4.43. The molecule has 29 heavy (non-hydrogen) atoms. The lowest BCUT2D eigenvalue weighted by Gasteiger charge is -2.11. The number of nitrogens with zero attached hydrogens (tertiary/aromatic N) is 4. The smallest absolute Gasteiger partial charge is 0.278 e. The topological polar surface area (TPSA) is 119 Å². The number of carbonyl (C=O) groups excluding carboxylic acids is 1. The second-order valence-electron chi connectivity index (χ2n) is 6.13. The summed E-state index contributed by atoms with van der Waals surface area (Å²) < 4.78 is 16.0. The fraction of sp³-hybridized carbons (Fsp3) is 0.0526. The Balaban J connectivity index is 1.78. The summed E-state index contributed by atoms with van der Waals surface area (Å²) in [5.41, 5.74) is 6.20. The number of benzene rings is 1. The second kappa shape index (κ2) is 7.08. The summed E-state index contributed by atoms with van der Waals surface area (Å²) in [6.07, 6.45) is 2.91. The molecular weight excluding hydrogens is 377 g/mol. The molecular formula is C19H16FN7O2. The van der Waals surface area contributed by atoms with E-state index in [1.54, 1.807) is 31.4 Å². The number of nitrogens with two attached hydrogens (primary N) is 1. The molecule has 0 saturated carbocycles. The van der Waals surface area contributed by atoms with Crippen molar-refractivity contribution in [1.29, 1.82) is 0 Å². The Labute approximate surface area is 163 Å². The fourth-order valence-electron chi connectivity index (χ4n) is 2.91. The van der Waals surface area contributed by atoms with Crippen LogP contribution in [0.2, 0.25) is 0 Å². The van der Waals surface area contributed by atoms with Crippen LogP contribution >= 0.6 is 0 Å². The minimum absolute atomic E-state index is 0.155. The number of halogens is 1. The van der Waals surface area contributed by atoms with Crippen molar-refractivity contribution in [3.8, 4) is 5.69 Å². The van der Waals surface area contributed by atoms with Gasteiger partial charge in [0, 0.05) is 25.0 Å². The average Bonchev–Trinajstić information content (AvgIpc) is 3.14. The monoisotopic (exact) mass is 393 g/mol. The van der Waals surface area contributed by atoms with Crippen LogP contribution in [0, 0.1) is 5.82 Å². The van der Waals surface area contributed by atoms with Gasteiger partial charge < -0.3 is 16.4 Å². The molecule has 10 heteroatoms. The number of aromatic nitrogens is 4.